The van der Waals surface area contributed by atoms with Crippen molar-refractivity contribution >= 4 is 29.2 Å². The second-order valence-corrected chi connectivity index (χ2v) is 7.16. The van der Waals surface area contributed by atoms with Crippen LogP contribution in [-0.2, 0) is 11.3 Å². The van der Waals surface area contributed by atoms with Gasteiger partial charge < -0.3 is 5.11 Å². The summed E-state index contributed by atoms with van der Waals surface area (Å²) < 4.78 is 1.61. The van der Waals surface area contributed by atoms with Crippen LogP contribution in [0.15, 0.2) is 24.4 Å². The number of aliphatic carboxylic acids is 1. The average Bonchev–Trinajstić information content (AvgIpc) is 2.94. The minimum Gasteiger partial charge on any atom is -0.481 e. The summed E-state index contributed by atoms with van der Waals surface area (Å²) in [6, 6.07) is 5.18. The predicted molar refractivity (Wildman–Crippen MR) is 91.6 cm³/mol. The van der Waals surface area contributed by atoms with Crippen LogP contribution in [-0.4, -0.2) is 44.1 Å². The van der Waals surface area contributed by atoms with Crippen LogP contribution in [0, 0.1) is 11.8 Å². The first-order valence-electron chi connectivity index (χ1n) is 7.74. The van der Waals surface area contributed by atoms with E-state index in [4.69, 9.17) is 23.2 Å². The predicted octanol–water partition coefficient (Wildman–Crippen LogP) is 3.12. The second-order valence-electron chi connectivity index (χ2n) is 6.32. The first-order valence-corrected chi connectivity index (χ1v) is 8.50. The number of carboxylic acids is 1. The zero-order valence-electron chi connectivity index (χ0n) is 13.2. The van der Waals surface area contributed by atoms with E-state index >= 15 is 0 Å². The summed E-state index contributed by atoms with van der Waals surface area (Å²) in [7, 11) is 0. The molecule has 1 saturated heterocycles. The van der Waals surface area contributed by atoms with Crippen molar-refractivity contribution in [3.05, 3.63) is 40.1 Å². The average molecular weight is 369 g/mol. The van der Waals surface area contributed by atoms with Crippen molar-refractivity contribution in [3.63, 3.8) is 0 Å². The zero-order chi connectivity index (χ0) is 17.3. The summed E-state index contributed by atoms with van der Waals surface area (Å²) in [4.78, 5) is 13.4. The molecule has 0 saturated carbocycles. The first-order chi connectivity index (χ1) is 11.4. The van der Waals surface area contributed by atoms with E-state index in [1.165, 1.54) is 0 Å². The molecule has 1 N–H and O–H groups in total. The lowest BCUT2D eigenvalue weighted by Crippen LogP contribution is -2.42. The highest BCUT2D eigenvalue weighted by molar-refractivity contribution is 6.35. The van der Waals surface area contributed by atoms with Crippen LogP contribution in [0.4, 0.5) is 0 Å². The molecule has 2 unspecified atom stereocenters. The van der Waals surface area contributed by atoms with Crippen LogP contribution in [0.1, 0.15) is 19.0 Å². The van der Waals surface area contributed by atoms with Gasteiger partial charge in [0.2, 0.25) is 0 Å². The van der Waals surface area contributed by atoms with Crippen molar-refractivity contribution in [1.82, 2.24) is 19.9 Å². The Bertz CT molecular complexity index is 749. The fourth-order valence-corrected chi connectivity index (χ4v) is 3.65. The number of halogens is 2. The number of rotatable bonds is 4. The highest BCUT2D eigenvalue weighted by Gasteiger charge is 2.29. The number of likely N-dealkylation sites (tertiary alicyclic amines) is 1. The minimum absolute atomic E-state index is 0.325. The lowest BCUT2D eigenvalue weighted by atomic mass is 9.90. The maximum Gasteiger partial charge on any atom is 0.307 e. The fourth-order valence-electron chi connectivity index (χ4n) is 3.15. The highest BCUT2D eigenvalue weighted by atomic mass is 35.5. The zero-order valence-corrected chi connectivity index (χ0v) is 14.7. The number of piperidine rings is 1. The Morgan fingerprint density at radius 1 is 1.38 bits per heavy atom. The van der Waals surface area contributed by atoms with Gasteiger partial charge in [0.1, 0.15) is 0 Å². The van der Waals surface area contributed by atoms with Crippen molar-refractivity contribution in [2.75, 3.05) is 13.1 Å². The van der Waals surface area contributed by atoms with Gasteiger partial charge in [-0.3, -0.25) is 9.69 Å². The van der Waals surface area contributed by atoms with Gasteiger partial charge in [0.25, 0.3) is 0 Å². The molecule has 0 radical (unpaired) electrons. The molecule has 2 atom stereocenters. The van der Waals surface area contributed by atoms with Crippen LogP contribution >= 0.6 is 23.2 Å². The molecule has 3 rings (SSSR count). The quantitative estimate of drug-likeness (QED) is 0.897. The monoisotopic (exact) mass is 368 g/mol. The Morgan fingerprint density at radius 2 is 2.17 bits per heavy atom. The lowest BCUT2D eigenvalue weighted by molar-refractivity contribution is -0.144. The van der Waals surface area contributed by atoms with Gasteiger partial charge in [-0.05, 0) is 30.5 Å². The van der Waals surface area contributed by atoms with Gasteiger partial charge in [-0.15, -0.1) is 5.10 Å². The van der Waals surface area contributed by atoms with Gasteiger partial charge in [-0.2, -0.15) is 0 Å². The molecule has 1 aliphatic rings. The van der Waals surface area contributed by atoms with Crippen LogP contribution in [0.3, 0.4) is 0 Å². The third-order valence-electron chi connectivity index (χ3n) is 4.17. The maximum absolute atomic E-state index is 11.3. The molecular weight excluding hydrogens is 351 g/mol. The molecule has 2 heterocycles. The molecule has 1 aromatic heterocycles. The molecular formula is C16H18Cl2N4O2. The lowest BCUT2D eigenvalue weighted by Gasteiger charge is -2.34. The molecule has 0 spiro atoms. The van der Waals surface area contributed by atoms with E-state index in [0.29, 0.717) is 34.7 Å². The number of benzene rings is 1. The van der Waals surface area contributed by atoms with E-state index in [1.54, 1.807) is 22.9 Å². The van der Waals surface area contributed by atoms with Crippen LogP contribution in [0.25, 0.3) is 5.69 Å². The smallest absolute Gasteiger partial charge is 0.307 e. The van der Waals surface area contributed by atoms with E-state index < -0.39 is 5.97 Å². The van der Waals surface area contributed by atoms with Crippen molar-refractivity contribution in [2.45, 2.75) is 19.9 Å². The van der Waals surface area contributed by atoms with Gasteiger partial charge in [-0.25, -0.2) is 4.68 Å². The number of aromatic nitrogens is 3. The third-order valence-corrected chi connectivity index (χ3v) is 4.71. The highest BCUT2D eigenvalue weighted by Crippen LogP contribution is 2.25. The molecule has 0 amide bonds. The van der Waals surface area contributed by atoms with Crippen molar-refractivity contribution in [1.29, 1.82) is 0 Å². The Kier molecular flexibility index (Phi) is 5.08. The van der Waals surface area contributed by atoms with E-state index in [-0.39, 0.29) is 5.92 Å². The number of hydrogen-bond donors (Lipinski definition) is 1. The molecule has 24 heavy (non-hydrogen) atoms. The van der Waals surface area contributed by atoms with E-state index in [2.05, 4.69) is 22.1 Å². The van der Waals surface area contributed by atoms with Crippen molar-refractivity contribution in [2.24, 2.45) is 11.8 Å². The fraction of sp³-hybridized carbons (Fsp3) is 0.438. The molecule has 8 heteroatoms. The number of carboxylic acid groups (broad SMARTS) is 1. The number of carbonyl (C=O) groups is 1. The van der Waals surface area contributed by atoms with Gasteiger partial charge in [0.15, 0.2) is 0 Å². The van der Waals surface area contributed by atoms with Gasteiger partial charge in [0.05, 0.1) is 28.5 Å². The normalized spacial score (nSPS) is 21.8. The second kappa shape index (κ2) is 7.09. The third kappa shape index (κ3) is 3.88. The Labute approximate surface area is 150 Å². The molecule has 0 bridgehead atoms. The molecule has 1 aliphatic heterocycles. The molecule has 128 valence electrons. The number of nitrogens with zero attached hydrogens (tertiary/aromatic N) is 4. The number of hydrogen-bond acceptors (Lipinski definition) is 4. The Balaban J connectivity index is 1.73. The van der Waals surface area contributed by atoms with Gasteiger partial charge >= 0.3 is 5.97 Å². The topological polar surface area (TPSA) is 71.2 Å². The molecule has 1 fully saturated rings. The van der Waals surface area contributed by atoms with Crippen LogP contribution in [0.5, 0.6) is 0 Å². The standard InChI is InChI=1S/C16H18Cl2N4O2/c1-10-4-11(16(23)24)7-21(6-10)8-13-9-22(20-19-13)15-3-2-12(17)5-14(15)18/h2-3,5,9-11H,4,6-8H2,1H3,(H,23,24). The minimum atomic E-state index is -0.733. The summed E-state index contributed by atoms with van der Waals surface area (Å²) in [5.41, 5.74) is 1.48. The Morgan fingerprint density at radius 3 is 2.88 bits per heavy atom. The van der Waals surface area contributed by atoms with E-state index in [0.717, 1.165) is 18.7 Å². The summed E-state index contributed by atoms with van der Waals surface area (Å²) in [6.45, 7) is 4.04. The van der Waals surface area contributed by atoms with Crippen molar-refractivity contribution < 1.29 is 9.90 Å². The molecule has 1 aromatic carbocycles. The largest absolute Gasteiger partial charge is 0.481 e. The summed E-state index contributed by atoms with van der Waals surface area (Å²) in [5.74, 6) is -0.710. The summed E-state index contributed by atoms with van der Waals surface area (Å²) in [6.07, 6.45) is 2.53. The Hall–Kier alpha value is -1.63. The van der Waals surface area contributed by atoms with E-state index in [9.17, 15) is 9.90 Å². The van der Waals surface area contributed by atoms with Gasteiger partial charge in [-0.1, -0.05) is 35.3 Å². The molecule has 0 aliphatic carbocycles. The van der Waals surface area contributed by atoms with Gasteiger partial charge in [0, 0.05) is 24.7 Å². The SMILES string of the molecule is CC1CC(C(=O)O)CN(Cc2cn(-c3ccc(Cl)cc3Cl)nn2)C1. The van der Waals surface area contributed by atoms with Crippen molar-refractivity contribution in [3.8, 4) is 5.69 Å². The maximum atomic E-state index is 11.3. The van der Waals surface area contributed by atoms with E-state index in [1.807, 2.05) is 6.20 Å². The molecule has 2 aromatic rings. The summed E-state index contributed by atoms with van der Waals surface area (Å²) in [5, 5.41) is 18.6. The first kappa shape index (κ1) is 17.2. The van der Waals surface area contributed by atoms with Crippen LogP contribution < -0.4 is 0 Å². The summed E-state index contributed by atoms with van der Waals surface area (Å²) >= 11 is 12.1. The van der Waals surface area contributed by atoms with Crippen LogP contribution in [0.2, 0.25) is 10.0 Å². The molecule has 6 nitrogen and oxygen atoms in total.